The van der Waals surface area contributed by atoms with Crippen LogP contribution in [-0.4, -0.2) is 70.5 Å². The first-order chi connectivity index (χ1) is 15.9. The Kier molecular flexibility index (Phi) is 6.58. The molecule has 2 aromatic carbocycles. The van der Waals surface area contributed by atoms with Crippen LogP contribution >= 0.6 is 0 Å². The number of fused-ring (bicyclic) bond motifs is 1. The maximum Gasteiger partial charge on any atom is 0.262 e. The number of amides is 4. The average Bonchev–Trinajstić information content (AvgIpc) is 2.98. The van der Waals surface area contributed by atoms with Crippen LogP contribution in [0.3, 0.4) is 0 Å². The SMILES string of the molecule is Cc1ccc(CCC(=O)N2CCCN(C(=O)C(C)N3C(=O)c4ccccc4C3=O)CC2)cc1. The number of rotatable bonds is 5. The van der Waals surface area contributed by atoms with Crippen LogP contribution in [0.2, 0.25) is 0 Å². The number of aryl methyl sites for hydroxylation is 2. The van der Waals surface area contributed by atoms with Crippen LogP contribution in [0.1, 0.15) is 51.6 Å². The molecule has 0 saturated carbocycles. The summed E-state index contributed by atoms with van der Waals surface area (Å²) in [5, 5.41) is 0. The molecule has 4 amide bonds. The number of benzene rings is 2. The van der Waals surface area contributed by atoms with Gasteiger partial charge in [0.05, 0.1) is 11.1 Å². The van der Waals surface area contributed by atoms with Crippen molar-refractivity contribution in [1.29, 1.82) is 0 Å². The minimum Gasteiger partial charge on any atom is -0.341 e. The molecule has 1 unspecified atom stereocenters. The third-order valence-electron chi connectivity index (χ3n) is 6.48. The Morgan fingerprint density at radius 1 is 0.848 bits per heavy atom. The Hall–Kier alpha value is -3.48. The van der Waals surface area contributed by atoms with Crippen LogP contribution in [-0.2, 0) is 16.0 Å². The average molecular weight is 448 g/mol. The van der Waals surface area contributed by atoms with E-state index in [0.717, 1.165) is 10.5 Å². The zero-order chi connectivity index (χ0) is 23.5. The largest absolute Gasteiger partial charge is 0.341 e. The fourth-order valence-corrected chi connectivity index (χ4v) is 4.49. The zero-order valence-corrected chi connectivity index (χ0v) is 19.1. The van der Waals surface area contributed by atoms with Gasteiger partial charge in [-0.15, -0.1) is 0 Å². The van der Waals surface area contributed by atoms with E-state index in [9.17, 15) is 19.2 Å². The van der Waals surface area contributed by atoms with Crippen molar-refractivity contribution in [1.82, 2.24) is 14.7 Å². The molecule has 0 spiro atoms. The Balaban J connectivity index is 1.34. The van der Waals surface area contributed by atoms with Crippen LogP contribution < -0.4 is 0 Å². The molecule has 2 heterocycles. The normalized spacial score (nSPS) is 17.1. The molecule has 4 rings (SSSR count). The van der Waals surface area contributed by atoms with Crippen molar-refractivity contribution in [3.05, 3.63) is 70.8 Å². The van der Waals surface area contributed by atoms with Gasteiger partial charge in [-0.05, 0) is 44.4 Å². The molecular formula is C26H29N3O4. The summed E-state index contributed by atoms with van der Waals surface area (Å²) in [5.41, 5.74) is 3.00. The topological polar surface area (TPSA) is 78.0 Å². The monoisotopic (exact) mass is 447 g/mol. The van der Waals surface area contributed by atoms with Crippen molar-refractivity contribution in [3.8, 4) is 0 Å². The molecule has 0 bridgehead atoms. The van der Waals surface area contributed by atoms with E-state index >= 15 is 0 Å². The highest BCUT2D eigenvalue weighted by molar-refractivity contribution is 6.22. The lowest BCUT2D eigenvalue weighted by atomic mass is 10.1. The molecule has 172 valence electrons. The van der Waals surface area contributed by atoms with E-state index in [1.807, 2.05) is 36.1 Å². The Bertz CT molecular complexity index is 1040. The van der Waals surface area contributed by atoms with E-state index < -0.39 is 17.9 Å². The van der Waals surface area contributed by atoms with Gasteiger partial charge >= 0.3 is 0 Å². The van der Waals surface area contributed by atoms with Crippen molar-refractivity contribution in [2.24, 2.45) is 0 Å². The van der Waals surface area contributed by atoms with Crippen molar-refractivity contribution in [2.75, 3.05) is 26.2 Å². The molecule has 1 atom stereocenters. The summed E-state index contributed by atoms with van der Waals surface area (Å²) in [6.07, 6.45) is 1.79. The number of carbonyl (C=O) groups excluding carboxylic acids is 4. The standard InChI is InChI=1S/C26H29N3O4/c1-18-8-10-20(11-9-18)12-13-23(30)27-14-5-15-28(17-16-27)24(31)19(2)29-25(32)21-6-3-4-7-22(21)26(29)33/h3-4,6-11,19H,5,12-17H2,1-2H3. The van der Waals surface area contributed by atoms with E-state index in [1.165, 1.54) is 5.56 Å². The maximum atomic E-state index is 13.2. The lowest BCUT2D eigenvalue weighted by Gasteiger charge is -2.28. The first-order valence-corrected chi connectivity index (χ1v) is 11.5. The molecule has 2 aliphatic heterocycles. The van der Waals surface area contributed by atoms with Gasteiger partial charge in [0.1, 0.15) is 6.04 Å². The predicted molar refractivity (Wildman–Crippen MR) is 124 cm³/mol. The van der Waals surface area contributed by atoms with Crippen LogP contribution in [0.4, 0.5) is 0 Å². The fourth-order valence-electron chi connectivity index (χ4n) is 4.49. The lowest BCUT2D eigenvalue weighted by molar-refractivity contribution is -0.135. The highest BCUT2D eigenvalue weighted by Crippen LogP contribution is 2.25. The summed E-state index contributed by atoms with van der Waals surface area (Å²) in [4.78, 5) is 55.9. The summed E-state index contributed by atoms with van der Waals surface area (Å²) in [7, 11) is 0. The molecule has 2 aliphatic rings. The smallest absolute Gasteiger partial charge is 0.262 e. The van der Waals surface area contributed by atoms with Crippen molar-refractivity contribution in [3.63, 3.8) is 0 Å². The number of hydrogen-bond acceptors (Lipinski definition) is 4. The highest BCUT2D eigenvalue weighted by Gasteiger charge is 2.41. The van der Waals surface area contributed by atoms with Gasteiger partial charge in [-0.25, -0.2) is 0 Å². The number of carbonyl (C=O) groups is 4. The Morgan fingerprint density at radius 3 is 2.06 bits per heavy atom. The third kappa shape index (κ3) is 4.67. The minimum absolute atomic E-state index is 0.0817. The second-order valence-electron chi connectivity index (χ2n) is 8.75. The molecular weight excluding hydrogens is 418 g/mol. The molecule has 0 N–H and O–H groups in total. The summed E-state index contributed by atoms with van der Waals surface area (Å²) in [6, 6.07) is 13.9. The van der Waals surface area contributed by atoms with E-state index in [4.69, 9.17) is 0 Å². The summed E-state index contributed by atoms with van der Waals surface area (Å²) in [6.45, 7) is 5.57. The summed E-state index contributed by atoms with van der Waals surface area (Å²) < 4.78 is 0. The minimum atomic E-state index is -0.888. The second-order valence-corrected chi connectivity index (χ2v) is 8.75. The summed E-state index contributed by atoms with van der Waals surface area (Å²) in [5.74, 6) is -1.05. The molecule has 7 nitrogen and oxygen atoms in total. The molecule has 2 aromatic rings. The fraction of sp³-hybridized carbons (Fsp3) is 0.385. The van der Waals surface area contributed by atoms with Gasteiger partial charge < -0.3 is 9.80 Å². The zero-order valence-electron chi connectivity index (χ0n) is 19.1. The molecule has 1 saturated heterocycles. The summed E-state index contributed by atoms with van der Waals surface area (Å²) >= 11 is 0. The van der Waals surface area contributed by atoms with Crippen molar-refractivity contribution >= 4 is 23.6 Å². The van der Waals surface area contributed by atoms with Crippen LogP contribution in [0.25, 0.3) is 0 Å². The number of imide groups is 1. The number of hydrogen-bond donors (Lipinski definition) is 0. The van der Waals surface area contributed by atoms with E-state index in [0.29, 0.717) is 56.6 Å². The van der Waals surface area contributed by atoms with E-state index in [1.54, 1.807) is 36.1 Å². The highest BCUT2D eigenvalue weighted by atomic mass is 16.2. The molecule has 0 aromatic heterocycles. The van der Waals surface area contributed by atoms with Gasteiger partial charge in [0, 0.05) is 32.6 Å². The van der Waals surface area contributed by atoms with Gasteiger partial charge in [0.2, 0.25) is 11.8 Å². The quantitative estimate of drug-likeness (QED) is 0.661. The third-order valence-corrected chi connectivity index (χ3v) is 6.48. The van der Waals surface area contributed by atoms with Gasteiger partial charge in [0.25, 0.3) is 11.8 Å². The van der Waals surface area contributed by atoms with Crippen LogP contribution in [0.15, 0.2) is 48.5 Å². The predicted octanol–water partition coefficient (Wildman–Crippen LogP) is 2.67. The lowest BCUT2D eigenvalue weighted by Crippen LogP contribution is -2.50. The molecule has 0 aliphatic carbocycles. The number of nitrogens with zero attached hydrogens (tertiary/aromatic N) is 3. The Labute approximate surface area is 194 Å². The van der Waals surface area contributed by atoms with Gasteiger partial charge in [-0.1, -0.05) is 42.0 Å². The molecule has 7 heteroatoms. The van der Waals surface area contributed by atoms with Crippen molar-refractivity contribution < 1.29 is 19.2 Å². The van der Waals surface area contributed by atoms with Crippen molar-refractivity contribution in [2.45, 2.75) is 39.2 Å². The van der Waals surface area contributed by atoms with Crippen LogP contribution in [0.5, 0.6) is 0 Å². The van der Waals surface area contributed by atoms with Crippen LogP contribution in [0, 0.1) is 6.92 Å². The molecule has 0 radical (unpaired) electrons. The van der Waals surface area contributed by atoms with Gasteiger partial charge in [0.15, 0.2) is 0 Å². The first kappa shape index (κ1) is 22.7. The maximum absolute atomic E-state index is 13.2. The molecule has 33 heavy (non-hydrogen) atoms. The van der Waals surface area contributed by atoms with Gasteiger partial charge in [-0.3, -0.25) is 24.1 Å². The second kappa shape index (κ2) is 9.57. The first-order valence-electron chi connectivity index (χ1n) is 11.5. The molecule has 1 fully saturated rings. The van der Waals surface area contributed by atoms with E-state index in [-0.39, 0.29) is 11.8 Å². The van der Waals surface area contributed by atoms with Gasteiger partial charge in [-0.2, -0.15) is 0 Å². The Morgan fingerprint density at radius 2 is 1.42 bits per heavy atom. The van der Waals surface area contributed by atoms with E-state index in [2.05, 4.69) is 0 Å².